The van der Waals surface area contributed by atoms with Gasteiger partial charge < -0.3 is 5.73 Å². The average Bonchev–Trinajstić information content (AvgIpc) is 2.19. The van der Waals surface area contributed by atoms with Crippen molar-refractivity contribution in [1.29, 1.82) is 5.26 Å². The van der Waals surface area contributed by atoms with Crippen molar-refractivity contribution in [3.63, 3.8) is 0 Å². The van der Waals surface area contributed by atoms with Crippen molar-refractivity contribution in [3.05, 3.63) is 0 Å². The van der Waals surface area contributed by atoms with E-state index in [4.69, 9.17) is 11.0 Å². The highest BCUT2D eigenvalue weighted by molar-refractivity contribution is 4.87. The standard InChI is InChI=1S/C11H21N3/c1-3-10-8-14(7-5-11(10)13)9(2)4-6-12/h9-11H,3-5,7-8,13H2,1-2H3. The molecule has 1 saturated heterocycles. The van der Waals surface area contributed by atoms with Gasteiger partial charge in [0.1, 0.15) is 0 Å². The third-order valence-corrected chi connectivity index (χ3v) is 3.36. The normalized spacial score (nSPS) is 31.0. The molecular formula is C11H21N3. The summed E-state index contributed by atoms with van der Waals surface area (Å²) < 4.78 is 0. The first-order chi connectivity index (χ1) is 6.69. The van der Waals surface area contributed by atoms with Crippen LogP contribution in [-0.2, 0) is 0 Å². The van der Waals surface area contributed by atoms with Crippen LogP contribution in [0.5, 0.6) is 0 Å². The zero-order valence-corrected chi connectivity index (χ0v) is 9.24. The lowest BCUT2D eigenvalue weighted by Crippen LogP contribution is -2.49. The molecule has 14 heavy (non-hydrogen) atoms. The van der Waals surface area contributed by atoms with Crippen LogP contribution in [0.15, 0.2) is 0 Å². The zero-order chi connectivity index (χ0) is 10.6. The summed E-state index contributed by atoms with van der Waals surface area (Å²) in [6.07, 6.45) is 2.86. The van der Waals surface area contributed by atoms with Gasteiger partial charge in [-0.3, -0.25) is 4.90 Å². The third-order valence-electron chi connectivity index (χ3n) is 3.36. The lowest BCUT2D eigenvalue weighted by atomic mass is 9.90. The first kappa shape index (κ1) is 11.5. The van der Waals surface area contributed by atoms with E-state index in [0.717, 1.165) is 25.9 Å². The van der Waals surface area contributed by atoms with Crippen molar-refractivity contribution in [2.24, 2.45) is 11.7 Å². The van der Waals surface area contributed by atoms with Crippen LogP contribution in [0.1, 0.15) is 33.1 Å². The van der Waals surface area contributed by atoms with Gasteiger partial charge in [0.25, 0.3) is 0 Å². The lowest BCUT2D eigenvalue weighted by molar-refractivity contribution is 0.116. The maximum absolute atomic E-state index is 8.64. The van der Waals surface area contributed by atoms with E-state index < -0.39 is 0 Å². The first-order valence-corrected chi connectivity index (χ1v) is 5.55. The van der Waals surface area contributed by atoms with Crippen molar-refractivity contribution >= 4 is 0 Å². The number of nitrogens with two attached hydrogens (primary N) is 1. The molecule has 1 fully saturated rings. The van der Waals surface area contributed by atoms with Gasteiger partial charge in [0, 0.05) is 18.6 Å². The van der Waals surface area contributed by atoms with Crippen molar-refractivity contribution in [3.8, 4) is 6.07 Å². The Morgan fingerprint density at radius 2 is 2.36 bits per heavy atom. The van der Waals surface area contributed by atoms with Crippen LogP contribution in [0.2, 0.25) is 0 Å². The molecule has 0 aromatic heterocycles. The monoisotopic (exact) mass is 195 g/mol. The summed E-state index contributed by atoms with van der Waals surface area (Å²) >= 11 is 0. The molecule has 3 atom stereocenters. The average molecular weight is 195 g/mol. The van der Waals surface area contributed by atoms with E-state index in [9.17, 15) is 0 Å². The topological polar surface area (TPSA) is 53.0 Å². The van der Waals surface area contributed by atoms with Gasteiger partial charge in [-0.25, -0.2) is 0 Å². The number of likely N-dealkylation sites (tertiary alicyclic amines) is 1. The van der Waals surface area contributed by atoms with Gasteiger partial charge in [-0.15, -0.1) is 0 Å². The highest BCUT2D eigenvalue weighted by Crippen LogP contribution is 2.20. The molecule has 0 aromatic rings. The van der Waals surface area contributed by atoms with Crippen LogP contribution in [0.3, 0.4) is 0 Å². The summed E-state index contributed by atoms with van der Waals surface area (Å²) in [7, 11) is 0. The van der Waals surface area contributed by atoms with Gasteiger partial charge in [0.15, 0.2) is 0 Å². The number of hydrogen-bond acceptors (Lipinski definition) is 3. The number of nitriles is 1. The quantitative estimate of drug-likeness (QED) is 0.739. The summed E-state index contributed by atoms with van der Waals surface area (Å²) in [5.74, 6) is 0.616. The Kier molecular flexibility index (Phi) is 4.37. The fourth-order valence-electron chi connectivity index (χ4n) is 2.17. The minimum Gasteiger partial charge on any atom is -0.327 e. The number of hydrogen-bond donors (Lipinski definition) is 1. The van der Waals surface area contributed by atoms with E-state index in [-0.39, 0.29) is 0 Å². The van der Waals surface area contributed by atoms with Gasteiger partial charge in [-0.2, -0.15) is 5.26 Å². The lowest BCUT2D eigenvalue weighted by Gasteiger charge is -2.39. The zero-order valence-electron chi connectivity index (χ0n) is 9.24. The summed E-state index contributed by atoms with van der Waals surface area (Å²) in [6.45, 7) is 6.46. The SMILES string of the molecule is CCC1CN(C(C)CC#N)CCC1N. The van der Waals surface area contributed by atoms with Crippen LogP contribution < -0.4 is 5.73 Å². The molecule has 1 rings (SSSR count). The van der Waals surface area contributed by atoms with E-state index in [1.54, 1.807) is 0 Å². The molecule has 0 bridgehead atoms. The molecular weight excluding hydrogens is 174 g/mol. The fraction of sp³-hybridized carbons (Fsp3) is 0.909. The maximum Gasteiger partial charge on any atom is 0.0638 e. The van der Waals surface area contributed by atoms with Gasteiger partial charge in [0.2, 0.25) is 0 Å². The number of piperidine rings is 1. The van der Waals surface area contributed by atoms with Crippen LogP contribution in [0, 0.1) is 17.2 Å². The molecule has 0 spiro atoms. The molecule has 1 aliphatic heterocycles. The Balaban J connectivity index is 2.46. The van der Waals surface area contributed by atoms with Crippen LogP contribution in [-0.4, -0.2) is 30.1 Å². The van der Waals surface area contributed by atoms with Crippen molar-refractivity contribution < 1.29 is 0 Å². The molecule has 80 valence electrons. The van der Waals surface area contributed by atoms with Crippen molar-refractivity contribution in [2.45, 2.75) is 45.2 Å². The molecule has 0 amide bonds. The van der Waals surface area contributed by atoms with E-state index in [0.29, 0.717) is 24.4 Å². The Labute approximate surface area is 86.9 Å². The minimum absolute atomic E-state index is 0.366. The highest BCUT2D eigenvalue weighted by Gasteiger charge is 2.27. The van der Waals surface area contributed by atoms with E-state index in [2.05, 4.69) is 24.8 Å². The van der Waals surface area contributed by atoms with Gasteiger partial charge in [-0.1, -0.05) is 13.3 Å². The summed E-state index contributed by atoms with van der Waals surface area (Å²) in [4.78, 5) is 2.40. The predicted molar refractivity (Wildman–Crippen MR) is 57.6 cm³/mol. The maximum atomic E-state index is 8.64. The Morgan fingerprint density at radius 3 is 2.93 bits per heavy atom. The van der Waals surface area contributed by atoms with Crippen molar-refractivity contribution in [1.82, 2.24) is 4.90 Å². The molecule has 0 aromatic carbocycles. The van der Waals surface area contributed by atoms with Crippen LogP contribution in [0.4, 0.5) is 0 Å². The Morgan fingerprint density at radius 1 is 1.64 bits per heavy atom. The predicted octanol–water partition coefficient (Wildman–Crippen LogP) is 1.35. The first-order valence-electron chi connectivity index (χ1n) is 5.55. The molecule has 3 nitrogen and oxygen atoms in total. The number of nitrogens with zero attached hydrogens (tertiary/aromatic N) is 2. The Bertz CT molecular complexity index is 209. The molecule has 2 N–H and O–H groups in total. The van der Waals surface area contributed by atoms with Gasteiger partial charge in [-0.05, 0) is 25.8 Å². The van der Waals surface area contributed by atoms with Crippen LogP contribution in [0.25, 0.3) is 0 Å². The highest BCUT2D eigenvalue weighted by atomic mass is 15.2. The fourth-order valence-corrected chi connectivity index (χ4v) is 2.17. The van der Waals surface area contributed by atoms with E-state index in [1.807, 2.05) is 0 Å². The molecule has 3 unspecified atom stereocenters. The van der Waals surface area contributed by atoms with E-state index in [1.165, 1.54) is 0 Å². The molecule has 0 aliphatic carbocycles. The summed E-state index contributed by atoms with van der Waals surface area (Å²) in [6, 6.07) is 2.99. The molecule has 1 aliphatic rings. The van der Waals surface area contributed by atoms with Gasteiger partial charge >= 0.3 is 0 Å². The molecule has 3 heteroatoms. The largest absolute Gasteiger partial charge is 0.327 e. The summed E-state index contributed by atoms with van der Waals surface area (Å²) in [5, 5.41) is 8.64. The second kappa shape index (κ2) is 5.33. The smallest absolute Gasteiger partial charge is 0.0638 e. The number of rotatable bonds is 3. The second-order valence-corrected chi connectivity index (χ2v) is 4.33. The Hall–Kier alpha value is -0.590. The molecule has 0 saturated carbocycles. The van der Waals surface area contributed by atoms with Gasteiger partial charge in [0.05, 0.1) is 12.5 Å². The third kappa shape index (κ3) is 2.70. The minimum atomic E-state index is 0.366. The van der Waals surface area contributed by atoms with Crippen LogP contribution >= 0.6 is 0 Å². The second-order valence-electron chi connectivity index (χ2n) is 4.33. The van der Waals surface area contributed by atoms with Crippen molar-refractivity contribution in [2.75, 3.05) is 13.1 Å². The van der Waals surface area contributed by atoms with E-state index >= 15 is 0 Å². The molecule has 1 heterocycles. The summed E-state index contributed by atoms with van der Waals surface area (Å²) in [5.41, 5.74) is 6.03. The molecule has 0 radical (unpaired) electrons.